The molecule has 0 unspecified atom stereocenters. The van der Waals surface area contributed by atoms with Crippen LogP contribution < -0.4 is 30.0 Å². The van der Waals surface area contributed by atoms with E-state index in [1.807, 2.05) is 6.07 Å². The highest BCUT2D eigenvalue weighted by atomic mass is 32.1. The number of ether oxygens (including phenoxy) is 4. The Balaban J connectivity index is 2.11. The van der Waals surface area contributed by atoms with Gasteiger partial charge in [-0.2, -0.15) is 0 Å². The maximum absolute atomic E-state index is 13.7. The average molecular weight is 551 g/mol. The second-order valence-electron chi connectivity index (χ2n) is 8.93. The molecule has 0 amide bonds. The largest absolute Gasteiger partial charge is 0.497 e. The number of methoxy groups -OCH3 is 2. The molecule has 1 atom stereocenters. The Morgan fingerprint density at radius 3 is 2.33 bits per heavy atom. The molecule has 0 saturated heterocycles. The molecular formula is C29H30N2O7S. The van der Waals surface area contributed by atoms with Gasteiger partial charge in [0.1, 0.15) is 22.0 Å². The normalized spacial score (nSPS) is 15.3. The van der Waals surface area contributed by atoms with Crippen LogP contribution >= 0.6 is 11.3 Å². The molecule has 39 heavy (non-hydrogen) atoms. The highest BCUT2D eigenvalue weighted by Crippen LogP contribution is 2.39. The minimum absolute atomic E-state index is 0.0267. The van der Waals surface area contributed by atoms with Gasteiger partial charge in [-0.15, -0.1) is 11.3 Å². The minimum atomic E-state index is -0.965. The van der Waals surface area contributed by atoms with Crippen LogP contribution in [0.2, 0.25) is 0 Å². The van der Waals surface area contributed by atoms with Crippen LogP contribution in [0.25, 0.3) is 17.5 Å². The van der Waals surface area contributed by atoms with Gasteiger partial charge in [0.2, 0.25) is 0 Å². The van der Waals surface area contributed by atoms with Gasteiger partial charge in [-0.25, -0.2) is 9.59 Å². The number of aromatic nitrogens is 1. The highest BCUT2D eigenvalue weighted by Gasteiger charge is 2.40. The molecule has 0 spiro atoms. The Morgan fingerprint density at radius 2 is 1.69 bits per heavy atom. The summed E-state index contributed by atoms with van der Waals surface area (Å²) in [5.41, 5.74) is 7.44. The van der Waals surface area contributed by atoms with E-state index in [-0.39, 0.29) is 28.2 Å². The minimum Gasteiger partial charge on any atom is -0.497 e. The first kappa shape index (κ1) is 27.7. The van der Waals surface area contributed by atoms with Crippen molar-refractivity contribution in [1.29, 1.82) is 0 Å². The van der Waals surface area contributed by atoms with Crippen LogP contribution in [-0.4, -0.2) is 43.4 Å². The summed E-state index contributed by atoms with van der Waals surface area (Å²) in [6, 6.07) is 14.2. The van der Waals surface area contributed by atoms with E-state index in [0.29, 0.717) is 21.6 Å². The maximum Gasteiger partial charge on any atom is 0.338 e. The molecule has 2 heterocycles. The van der Waals surface area contributed by atoms with E-state index in [1.165, 1.54) is 11.7 Å². The zero-order valence-electron chi connectivity index (χ0n) is 22.3. The highest BCUT2D eigenvalue weighted by molar-refractivity contribution is 7.07. The van der Waals surface area contributed by atoms with Gasteiger partial charge in [-0.3, -0.25) is 9.36 Å². The van der Waals surface area contributed by atoms with Crippen LogP contribution in [0.5, 0.6) is 11.5 Å². The number of carbonyl (C=O) groups excluding carboxylic acids is 2. The predicted molar refractivity (Wildman–Crippen MR) is 149 cm³/mol. The molecule has 1 aromatic heterocycles. The Hall–Kier alpha value is -4.31. The molecule has 4 rings (SSSR count). The molecule has 3 aromatic rings. The molecule has 9 nitrogen and oxygen atoms in total. The van der Waals surface area contributed by atoms with E-state index in [1.54, 1.807) is 76.4 Å². The monoisotopic (exact) mass is 550 g/mol. The molecule has 204 valence electrons. The Bertz CT molecular complexity index is 1630. The van der Waals surface area contributed by atoms with Crippen molar-refractivity contribution in [3.63, 3.8) is 0 Å². The van der Waals surface area contributed by atoms with E-state index in [0.717, 1.165) is 16.9 Å². The first-order chi connectivity index (χ1) is 18.7. The second kappa shape index (κ2) is 11.6. The number of nitrogens with two attached hydrogens (primary N) is 1. The fourth-order valence-corrected chi connectivity index (χ4v) is 5.53. The van der Waals surface area contributed by atoms with E-state index in [9.17, 15) is 14.4 Å². The lowest BCUT2D eigenvalue weighted by atomic mass is 9.83. The zero-order chi connectivity index (χ0) is 28.3. The van der Waals surface area contributed by atoms with Crippen molar-refractivity contribution >= 4 is 40.7 Å². The fraction of sp³-hybridized carbons (Fsp3) is 0.276. The topological polar surface area (TPSA) is 119 Å². The molecule has 0 radical (unpaired) electrons. The molecule has 1 aliphatic rings. The van der Waals surface area contributed by atoms with Crippen LogP contribution in [0.4, 0.5) is 0 Å². The number of fused-ring (bicyclic) bond motifs is 1. The molecule has 2 aromatic carbocycles. The maximum atomic E-state index is 13.7. The number of benzene rings is 2. The van der Waals surface area contributed by atoms with E-state index < -0.39 is 29.5 Å². The third kappa shape index (κ3) is 5.46. The molecule has 0 aliphatic carbocycles. The quantitative estimate of drug-likeness (QED) is 0.425. The summed E-state index contributed by atoms with van der Waals surface area (Å²) in [6.45, 7) is 5.19. The Morgan fingerprint density at radius 1 is 1.03 bits per heavy atom. The first-order valence-corrected chi connectivity index (χ1v) is 13.2. The molecule has 2 N–H and O–H groups in total. The summed E-state index contributed by atoms with van der Waals surface area (Å²) in [7, 11) is 3.08. The number of hydrogen-bond donors (Lipinski definition) is 1. The van der Waals surface area contributed by atoms with Crippen molar-refractivity contribution in [2.45, 2.75) is 32.8 Å². The number of hydrogen-bond acceptors (Lipinski definition) is 9. The molecule has 1 aliphatic heterocycles. The van der Waals surface area contributed by atoms with Crippen molar-refractivity contribution in [1.82, 2.24) is 4.57 Å². The van der Waals surface area contributed by atoms with Gasteiger partial charge in [0, 0.05) is 0 Å². The molecular weight excluding hydrogens is 520 g/mol. The summed E-state index contributed by atoms with van der Waals surface area (Å²) < 4.78 is 23.4. The van der Waals surface area contributed by atoms with Crippen LogP contribution in [0.15, 0.2) is 58.9 Å². The third-order valence-corrected chi connectivity index (χ3v) is 7.13. The lowest BCUT2D eigenvalue weighted by molar-refractivity contribution is -0.140. The van der Waals surface area contributed by atoms with Gasteiger partial charge < -0.3 is 24.7 Å². The van der Waals surface area contributed by atoms with Gasteiger partial charge in [0.25, 0.3) is 5.56 Å². The first-order valence-electron chi connectivity index (χ1n) is 12.3. The molecule has 0 fully saturated rings. The van der Waals surface area contributed by atoms with Crippen molar-refractivity contribution in [2.75, 3.05) is 20.8 Å². The third-order valence-electron chi connectivity index (χ3n) is 6.02. The van der Waals surface area contributed by atoms with Crippen molar-refractivity contribution < 1.29 is 28.5 Å². The van der Waals surface area contributed by atoms with Crippen LogP contribution in [0.1, 0.15) is 37.8 Å². The SMILES string of the molecule is CCOC(=O)C1=C(N)n2c(sc(=Cc3cccc(OC)c3)c2=O)=C(C(=O)OC(C)C)[C@@H]1c1cccc(OC)c1. The van der Waals surface area contributed by atoms with Crippen molar-refractivity contribution in [3.05, 3.63) is 84.8 Å². The summed E-state index contributed by atoms with van der Waals surface area (Å²) in [4.78, 5) is 40.7. The van der Waals surface area contributed by atoms with Crippen LogP contribution in [-0.2, 0) is 19.1 Å². The second-order valence-corrected chi connectivity index (χ2v) is 9.96. The predicted octanol–water partition coefficient (Wildman–Crippen LogP) is 2.35. The molecule has 10 heteroatoms. The van der Waals surface area contributed by atoms with Crippen molar-refractivity contribution in [3.8, 4) is 11.5 Å². The van der Waals surface area contributed by atoms with Gasteiger partial charge in [-0.05, 0) is 62.2 Å². The number of carbonyl (C=O) groups is 2. The van der Waals surface area contributed by atoms with E-state index >= 15 is 0 Å². The molecule has 0 saturated carbocycles. The lowest BCUT2D eigenvalue weighted by Gasteiger charge is -2.27. The van der Waals surface area contributed by atoms with E-state index in [4.69, 9.17) is 24.7 Å². The van der Waals surface area contributed by atoms with Crippen LogP contribution in [0, 0.1) is 0 Å². The van der Waals surface area contributed by atoms with Gasteiger partial charge in [0.15, 0.2) is 0 Å². The lowest BCUT2D eigenvalue weighted by Crippen LogP contribution is -2.42. The number of thiazole rings is 1. The Kier molecular flexibility index (Phi) is 8.25. The Labute approximate surface area is 229 Å². The fourth-order valence-electron chi connectivity index (χ4n) is 4.37. The summed E-state index contributed by atoms with van der Waals surface area (Å²) in [5.74, 6) is -1.33. The standard InChI is InChI=1S/C29H30N2O7S/c1-6-37-28(33)23-22(18-10-8-12-20(15-18)36-5)24(29(34)38-16(2)3)27-31(25(23)30)26(32)21(39-27)14-17-9-7-11-19(13-17)35-4/h7-16,22H,6,30H2,1-5H3/t22-/m1/s1. The van der Waals surface area contributed by atoms with Gasteiger partial charge >= 0.3 is 11.9 Å². The number of rotatable bonds is 8. The van der Waals surface area contributed by atoms with Gasteiger partial charge in [-0.1, -0.05) is 24.3 Å². The van der Waals surface area contributed by atoms with Crippen molar-refractivity contribution in [2.24, 2.45) is 5.73 Å². The smallest absolute Gasteiger partial charge is 0.338 e. The number of esters is 2. The summed E-state index contributed by atoms with van der Waals surface area (Å²) >= 11 is 1.09. The van der Waals surface area contributed by atoms with Crippen LogP contribution in [0.3, 0.4) is 0 Å². The average Bonchev–Trinajstić information content (AvgIpc) is 3.23. The van der Waals surface area contributed by atoms with E-state index in [2.05, 4.69) is 0 Å². The van der Waals surface area contributed by atoms with Gasteiger partial charge in [0.05, 0.1) is 48.5 Å². The molecule has 0 bridgehead atoms. The number of nitrogens with zero attached hydrogens (tertiary/aromatic N) is 1. The summed E-state index contributed by atoms with van der Waals surface area (Å²) in [5, 5.41) is 0. The zero-order valence-corrected chi connectivity index (χ0v) is 23.2. The summed E-state index contributed by atoms with van der Waals surface area (Å²) in [6.07, 6.45) is 1.23.